The van der Waals surface area contributed by atoms with Crippen LogP contribution in [-0.2, 0) is 19.1 Å². The van der Waals surface area contributed by atoms with Crippen molar-refractivity contribution in [3.63, 3.8) is 0 Å². The number of esters is 1. The molecule has 0 spiro atoms. The molecule has 1 aromatic carbocycles. The predicted octanol–water partition coefficient (Wildman–Crippen LogP) is 3.14. The molecule has 1 aromatic rings. The Morgan fingerprint density at radius 2 is 1.58 bits per heavy atom. The van der Waals surface area contributed by atoms with Gasteiger partial charge in [-0.2, -0.15) is 0 Å². The molecule has 3 fully saturated rings. The summed E-state index contributed by atoms with van der Waals surface area (Å²) in [6.45, 7) is 3.10. The van der Waals surface area contributed by atoms with E-state index in [4.69, 9.17) is 16.3 Å². The van der Waals surface area contributed by atoms with Crippen molar-refractivity contribution in [2.24, 2.45) is 41.4 Å². The number of halogens is 1. The summed E-state index contributed by atoms with van der Waals surface area (Å²) < 4.78 is 5.29. The Labute approximate surface area is 185 Å². The van der Waals surface area contributed by atoms with Crippen LogP contribution in [0.3, 0.4) is 0 Å². The van der Waals surface area contributed by atoms with Gasteiger partial charge in [0.15, 0.2) is 12.4 Å². The first-order valence-corrected chi connectivity index (χ1v) is 11.2. The number of likely N-dealkylation sites (tertiary alicyclic amines) is 1. The first-order chi connectivity index (χ1) is 14.8. The van der Waals surface area contributed by atoms with Crippen molar-refractivity contribution in [3.05, 3.63) is 47.0 Å². The number of nitrogens with zero attached hydrogens (tertiary/aromatic N) is 1. The summed E-state index contributed by atoms with van der Waals surface area (Å²) >= 11 is 5.84. The van der Waals surface area contributed by atoms with Crippen molar-refractivity contribution in [2.75, 3.05) is 6.61 Å². The van der Waals surface area contributed by atoms with Crippen LogP contribution >= 0.6 is 11.6 Å². The van der Waals surface area contributed by atoms with Crippen molar-refractivity contribution < 1.29 is 23.9 Å². The average Bonchev–Trinajstić information content (AvgIpc) is 3.53. The van der Waals surface area contributed by atoms with Crippen LogP contribution in [0.4, 0.5) is 0 Å². The predicted molar refractivity (Wildman–Crippen MR) is 112 cm³/mol. The SMILES string of the molecule is CC(C)[C@H](C(=O)OCC(=O)c1ccc(Cl)cc1)N1C(=O)[C@@H]2[C@H]3C=C[C@@H]([C@@H]4C[C@@H]34)[C@@H]2C1=O. The summed E-state index contributed by atoms with van der Waals surface area (Å²) in [4.78, 5) is 53.1. The summed E-state index contributed by atoms with van der Waals surface area (Å²) in [5.41, 5.74) is 0.375. The lowest BCUT2D eigenvalue weighted by Gasteiger charge is -2.37. The van der Waals surface area contributed by atoms with Gasteiger partial charge in [0.25, 0.3) is 0 Å². The van der Waals surface area contributed by atoms with E-state index in [1.54, 1.807) is 38.1 Å². The minimum atomic E-state index is -1.03. The number of hydrogen-bond acceptors (Lipinski definition) is 5. The highest BCUT2D eigenvalue weighted by molar-refractivity contribution is 6.30. The van der Waals surface area contributed by atoms with Gasteiger partial charge in [-0.3, -0.25) is 19.3 Å². The Hall–Kier alpha value is -2.47. The van der Waals surface area contributed by atoms with Crippen molar-refractivity contribution in [1.29, 1.82) is 0 Å². The molecule has 7 heteroatoms. The molecule has 6 nitrogen and oxygen atoms in total. The number of allylic oxidation sites excluding steroid dienone is 2. The highest BCUT2D eigenvalue weighted by Gasteiger charge is 2.68. The van der Waals surface area contributed by atoms with E-state index in [0.717, 1.165) is 11.3 Å². The third kappa shape index (κ3) is 3.15. The smallest absolute Gasteiger partial charge is 0.330 e. The van der Waals surface area contributed by atoms with Crippen LogP contribution in [0, 0.1) is 41.4 Å². The second-order valence-electron chi connectivity index (χ2n) is 9.43. The molecular weight excluding hydrogens is 418 g/mol. The van der Waals surface area contributed by atoms with Gasteiger partial charge in [0.05, 0.1) is 11.8 Å². The molecular formula is C24H24ClNO5. The number of rotatable bonds is 6. The maximum absolute atomic E-state index is 13.3. The van der Waals surface area contributed by atoms with Crippen LogP contribution in [0.1, 0.15) is 30.6 Å². The number of carbonyl (C=O) groups is 4. The lowest BCUT2D eigenvalue weighted by atomic mass is 9.63. The standard InChI is InChI=1S/C24H24ClNO5/c1-11(2)21(24(30)31-10-18(27)12-3-5-13(25)6-4-12)26-22(28)19-14-7-8-15(17-9-16(14)17)20(19)23(26)29/h3-8,11,14-17,19-21H,9-10H2,1-2H3/t14-,15-,16-,17-,19-,20+,21+/m0/s1. The number of Topliss-reactive ketones (excluding diaryl/α,β-unsaturated/α-hetero) is 1. The summed E-state index contributed by atoms with van der Waals surface area (Å²) in [5.74, 6) is -1.50. The zero-order valence-electron chi connectivity index (χ0n) is 17.4. The number of hydrogen-bond donors (Lipinski definition) is 0. The lowest BCUT2D eigenvalue weighted by molar-refractivity contribution is -0.160. The Balaban J connectivity index is 1.32. The molecule has 0 aromatic heterocycles. The minimum Gasteiger partial charge on any atom is -0.456 e. The van der Waals surface area contributed by atoms with Gasteiger partial charge in [-0.15, -0.1) is 0 Å². The Morgan fingerprint density at radius 1 is 1.03 bits per heavy atom. The second kappa shape index (κ2) is 7.30. The van der Waals surface area contributed by atoms with Crippen molar-refractivity contribution >= 4 is 35.2 Å². The third-order valence-corrected chi connectivity index (χ3v) is 7.61. The topological polar surface area (TPSA) is 80.8 Å². The molecule has 6 rings (SSSR count). The third-order valence-electron chi connectivity index (χ3n) is 7.36. The molecule has 0 unspecified atom stereocenters. The number of amides is 2. The average molecular weight is 442 g/mol. The molecule has 7 atom stereocenters. The van der Waals surface area contributed by atoms with E-state index >= 15 is 0 Å². The molecule has 1 heterocycles. The van der Waals surface area contributed by atoms with Gasteiger partial charge >= 0.3 is 5.97 Å². The van der Waals surface area contributed by atoms with E-state index in [2.05, 4.69) is 12.2 Å². The van der Waals surface area contributed by atoms with Gasteiger partial charge in [0.2, 0.25) is 11.8 Å². The number of carbonyl (C=O) groups excluding carboxylic acids is 4. The van der Waals surface area contributed by atoms with Gasteiger partial charge < -0.3 is 4.74 Å². The van der Waals surface area contributed by atoms with E-state index in [1.807, 2.05) is 0 Å². The number of imide groups is 1. The van der Waals surface area contributed by atoms with Crippen LogP contribution in [0.25, 0.3) is 0 Å². The lowest BCUT2D eigenvalue weighted by Crippen LogP contribution is -2.49. The zero-order chi connectivity index (χ0) is 22.0. The monoisotopic (exact) mass is 441 g/mol. The van der Waals surface area contributed by atoms with E-state index in [1.165, 1.54) is 0 Å². The highest BCUT2D eigenvalue weighted by atomic mass is 35.5. The maximum atomic E-state index is 13.3. The molecule has 0 radical (unpaired) electrons. The molecule has 2 saturated carbocycles. The van der Waals surface area contributed by atoms with Gasteiger partial charge in [0.1, 0.15) is 6.04 Å². The molecule has 162 valence electrons. The molecule has 31 heavy (non-hydrogen) atoms. The van der Waals surface area contributed by atoms with E-state index < -0.39 is 18.6 Å². The van der Waals surface area contributed by atoms with Crippen LogP contribution in [0.15, 0.2) is 36.4 Å². The molecule has 4 aliphatic carbocycles. The number of ketones is 1. The number of benzene rings is 1. The number of ether oxygens (including phenoxy) is 1. The highest BCUT2D eigenvalue weighted by Crippen LogP contribution is 2.65. The fourth-order valence-electron chi connectivity index (χ4n) is 5.87. The first-order valence-electron chi connectivity index (χ1n) is 10.8. The van der Waals surface area contributed by atoms with Gasteiger partial charge in [-0.25, -0.2) is 4.79 Å². The van der Waals surface area contributed by atoms with Gasteiger partial charge in [-0.05, 0) is 60.3 Å². The molecule has 5 aliphatic rings. The van der Waals surface area contributed by atoms with E-state index in [-0.39, 0.29) is 47.2 Å². The normalized spacial score (nSPS) is 33.4. The Kier molecular flexibility index (Phi) is 4.81. The van der Waals surface area contributed by atoms with Crippen molar-refractivity contribution in [1.82, 2.24) is 4.90 Å². The fraction of sp³-hybridized carbons (Fsp3) is 0.500. The minimum absolute atomic E-state index is 0.0942. The summed E-state index contributed by atoms with van der Waals surface area (Å²) in [5, 5.41) is 0.502. The van der Waals surface area contributed by atoms with Gasteiger partial charge in [-0.1, -0.05) is 37.6 Å². The zero-order valence-corrected chi connectivity index (χ0v) is 18.1. The quantitative estimate of drug-likeness (QED) is 0.293. The molecule has 2 bridgehead atoms. The largest absolute Gasteiger partial charge is 0.456 e. The summed E-state index contributed by atoms with van der Waals surface area (Å²) in [6, 6.07) is 5.27. The van der Waals surface area contributed by atoms with E-state index in [9.17, 15) is 19.2 Å². The van der Waals surface area contributed by atoms with Crippen LogP contribution in [0.2, 0.25) is 5.02 Å². The molecule has 2 amide bonds. The van der Waals surface area contributed by atoms with Crippen LogP contribution < -0.4 is 0 Å². The van der Waals surface area contributed by atoms with E-state index in [0.29, 0.717) is 22.4 Å². The summed E-state index contributed by atoms with van der Waals surface area (Å²) in [7, 11) is 0. The first kappa shape index (κ1) is 20.4. The van der Waals surface area contributed by atoms with Crippen molar-refractivity contribution in [3.8, 4) is 0 Å². The molecule has 1 saturated heterocycles. The van der Waals surface area contributed by atoms with Crippen molar-refractivity contribution in [2.45, 2.75) is 26.3 Å². The Morgan fingerprint density at radius 3 is 2.10 bits per heavy atom. The van der Waals surface area contributed by atoms with Crippen LogP contribution in [-0.4, -0.2) is 41.1 Å². The van der Waals surface area contributed by atoms with Crippen LogP contribution in [0.5, 0.6) is 0 Å². The molecule has 0 N–H and O–H groups in total. The second-order valence-corrected chi connectivity index (χ2v) is 9.86. The fourth-order valence-corrected chi connectivity index (χ4v) is 6.00. The Bertz CT molecular complexity index is 964. The maximum Gasteiger partial charge on any atom is 0.330 e. The molecule has 1 aliphatic heterocycles. The summed E-state index contributed by atoms with van der Waals surface area (Å²) in [6.07, 6.45) is 5.28. The van der Waals surface area contributed by atoms with Gasteiger partial charge in [0, 0.05) is 10.6 Å².